The number of nitrogens with zero attached hydrogens (tertiary/aromatic N) is 1. The Kier molecular flexibility index (Phi) is 3.86. The first-order valence-electron chi connectivity index (χ1n) is 8.77. The van der Waals surface area contributed by atoms with Gasteiger partial charge in [0.15, 0.2) is 0 Å². The normalized spacial score (nSPS) is 38.6. The molecule has 0 aromatic carbocycles. The minimum absolute atomic E-state index is 0.0753. The second kappa shape index (κ2) is 5.22. The summed E-state index contributed by atoms with van der Waals surface area (Å²) >= 11 is 0. The summed E-state index contributed by atoms with van der Waals surface area (Å²) in [6, 6.07) is -0.0753. The number of carbonyl (C=O) groups excluding carboxylic acids is 1. The Morgan fingerprint density at radius 3 is 2.64 bits per heavy atom. The van der Waals surface area contributed by atoms with Gasteiger partial charge in [-0.1, -0.05) is 27.2 Å². The second-order valence-corrected chi connectivity index (χ2v) is 10.2. The van der Waals surface area contributed by atoms with E-state index in [4.69, 9.17) is 0 Å². The van der Waals surface area contributed by atoms with E-state index in [0.717, 1.165) is 44.9 Å². The first-order chi connectivity index (χ1) is 10.2. The van der Waals surface area contributed by atoms with Crippen LogP contribution < -0.4 is 0 Å². The lowest BCUT2D eigenvalue weighted by atomic mass is 9.75. The predicted octanol–water partition coefficient (Wildman–Crippen LogP) is 3.32. The van der Waals surface area contributed by atoms with Gasteiger partial charge >= 0.3 is 0 Å². The Bertz CT molecular complexity index is 568. The van der Waals surface area contributed by atoms with Crippen LogP contribution in [0.4, 0.5) is 0 Å². The maximum absolute atomic E-state index is 12.7. The third-order valence-corrected chi connectivity index (χ3v) is 8.56. The molecule has 22 heavy (non-hydrogen) atoms. The third-order valence-electron chi connectivity index (χ3n) is 6.56. The van der Waals surface area contributed by atoms with Crippen LogP contribution in [0.25, 0.3) is 0 Å². The molecule has 1 spiro atoms. The zero-order chi connectivity index (χ0) is 16.2. The van der Waals surface area contributed by atoms with Crippen molar-refractivity contribution >= 4 is 15.9 Å². The lowest BCUT2D eigenvalue weighted by Gasteiger charge is -2.33. The molecule has 1 aliphatic heterocycles. The number of carbonyl (C=O) groups is 1. The molecular formula is C17H29NO3S. The number of unbranched alkanes of at least 4 members (excludes halogenated alkanes) is 1. The van der Waals surface area contributed by atoms with Crippen molar-refractivity contribution in [3.05, 3.63) is 0 Å². The lowest BCUT2D eigenvalue weighted by Crippen LogP contribution is -2.43. The summed E-state index contributed by atoms with van der Waals surface area (Å²) in [6.07, 6.45) is 7.02. The third kappa shape index (κ3) is 2.40. The quantitative estimate of drug-likeness (QED) is 0.799. The van der Waals surface area contributed by atoms with E-state index in [1.165, 1.54) is 4.31 Å². The van der Waals surface area contributed by atoms with Crippen molar-refractivity contribution in [1.29, 1.82) is 0 Å². The van der Waals surface area contributed by atoms with E-state index in [-0.39, 0.29) is 28.5 Å². The smallest absolute Gasteiger partial charge is 0.238 e. The first-order valence-corrected chi connectivity index (χ1v) is 10.4. The molecule has 3 rings (SSSR count). The van der Waals surface area contributed by atoms with Crippen molar-refractivity contribution in [2.75, 3.05) is 5.75 Å². The fraction of sp³-hybridized carbons (Fsp3) is 0.941. The number of rotatable bonds is 3. The van der Waals surface area contributed by atoms with Crippen LogP contribution in [-0.2, 0) is 14.8 Å². The molecule has 0 aromatic rings. The van der Waals surface area contributed by atoms with Crippen LogP contribution in [0, 0.1) is 16.7 Å². The molecule has 1 saturated heterocycles. The van der Waals surface area contributed by atoms with Gasteiger partial charge in [0.05, 0.1) is 11.8 Å². The minimum Gasteiger partial charge on any atom is -0.274 e. The molecule has 0 N–H and O–H groups in total. The van der Waals surface area contributed by atoms with Crippen molar-refractivity contribution < 1.29 is 13.2 Å². The maximum atomic E-state index is 12.7. The highest BCUT2D eigenvalue weighted by atomic mass is 32.2. The van der Waals surface area contributed by atoms with Crippen molar-refractivity contribution in [3.8, 4) is 0 Å². The van der Waals surface area contributed by atoms with Crippen molar-refractivity contribution in [2.24, 2.45) is 16.7 Å². The number of fused-ring (bicyclic) bond motifs is 1. The zero-order valence-electron chi connectivity index (χ0n) is 14.1. The summed E-state index contributed by atoms with van der Waals surface area (Å²) in [5, 5.41) is 0. The van der Waals surface area contributed by atoms with Crippen molar-refractivity contribution in [2.45, 2.75) is 78.2 Å². The Balaban J connectivity index is 1.93. The largest absolute Gasteiger partial charge is 0.274 e. The molecular weight excluding hydrogens is 298 g/mol. The number of sulfonamides is 1. The molecule has 3 atom stereocenters. The SMILES string of the molecule is CCCCC(=O)N1C2CCC(C)(C)C3CCC2(C3)CS1(=O)=O. The predicted molar refractivity (Wildman–Crippen MR) is 86.7 cm³/mol. The number of hydrogen-bond acceptors (Lipinski definition) is 3. The molecule has 4 nitrogen and oxygen atoms in total. The highest BCUT2D eigenvalue weighted by Gasteiger charge is 2.62. The molecule has 0 radical (unpaired) electrons. The topological polar surface area (TPSA) is 54.5 Å². The maximum Gasteiger partial charge on any atom is 0.238 e. The highest BCUT2D eigenvalue weighted by molar-refractivity contribution is 7.90. The van der Waals surface area contributed by atoms with Gasteiger partial charge in [0.2, 0.25) is 15.9 Å². The summed E-state index contributed by atoms with van der Waals surface area (Å²) in [5.74, 6) is 0.653. The fourth-order valence-electron chi connectivity index (χ4n) is 5.13. The summed E-state index contributed by atoms with van der Waals surface area (Å²) in [6.45, 7) is 6.66. The van der Waals surface area contributed by atoms with Crippen LogP contribution in [0.5, 0.6) is 0 Å². The van der Waals surface area contributed by atoms with Crippen molar-refractivity contribution in [1.82, 2.24) is 4.31 Å². The second-order valence-electron chi connectivity index (χ2n) is 8.39. The van der Waals surface area contributed by atoms with E-state index in [1.807, 2.05) is 6.92 Å². The lowest BCUT2D eigenvalue weighted by molar-refractivity contribution is -0.129. The van der Waals surface area contributed by atoms with E-state index in [1.54, 1.807) is 0 Å². The Labute approximate surface area is 134 Å². The van der Waals surface area contributed by atoms with E-state index in [2.05, 4.69) is 13.8 Å². The summed E-state index contributed by atoms with van der Waals surface area (Å²) < 4.78 is 26.7. The summed E-state index contributed by atoms with van der Waals surface area (Å²) in [5.41, 5.74) is 0.120. The first kappa shape index (κ1) is 16.3. The molecule has 2 aliphatic carbocycles. The van der Waals surface area contributed by atoms with Crippen LogP contribution in [0.1, 0.15) is 72.1 Å². The van der Waals surface area contributed by atoms with Gasteiger partial charge in [0.25, 0.3) is 0 Å². The Morgan fingerprint density at radius 2 is 1.95 bits per heavy atom. The molecule has 3 unspecified atom stereocenters. The monoisotopic (exact) mass is 327 g/mol. The average molecular weight is 327 g/mol. The van der Waals surface area contributed by atoms with Gasteiger partial charge in [-0.3, -0.25) is 4.79 Å². The molecule has 1 heterocycles. The molecule has 2 bridgehead atoms. The fourth-order valence-corrected chi connectivity index (χ4v) is 7.57. The molecule has 1 amide bonds. The summed E-state index contributed by atoms with van der Waals surface area (Å²) in [4.78, 5) is 12.6. The van der Waals surface area contributed by atoms with Crippen LogP contribution in [0.3, 0.4) is 0 Å². The van der Waals surface area contributed by atoms with Gasteiger partial charge in [-0.15, -0.1) is 0 Å². The van der Waals surface area contributed by atoms with Crippen LogP contribution in [-0.4, -0.2) is 30.4 Å². The van der Waals surface area contributed by atoms with Crippen LogP contribution in [0.2, 0.25) is 0 Å². The van der Waals surface area contributed by atoms with E-state index in [0.29, 0.717) is 12.3 Å². The van der Waals surface area contributed by atoms with Crippen LogP contribution in [0.15, 0.2) is 0 Å². The van der Waals surface area contributed by atoms with E-state index < -0.39 is 10.0 Å². The Morgan fingerprint density at radius 1 is 1.23 bits per heavy atom. The van der Waals surface area contributed by atoms with Gasteiger partial charge in [-0.25, -0.2) is 12.7 Å². The van der Waals surface area contributed by atoms with E-state index >= 15 is 0 Å². The van der Waals surface area contributed by atoms with Gasteiger partial charge in [0.1, 0.15) is 0 Å². The van der Waals surface area contributed by atoms with Gasteiger partial charge in [0, 0.05) is 11.8 Å². The van der Waals surface area contributed by atoms with Crippen molar-refractivity contribution in [3.63, 3.8) is 0 Å². The molecule has 126 valence electrons. The number of amides is 1. The number of hydrogen-bond donors (Lipinski definition) is 0. The molecule has 0 aromatic heterocycles. The zero-order valence-corrected chi connectivity index (χ0v) is 14.9. The van der Waals surface area contributed by atoms with Crippen LogP contribution >= 0.6 is 0 Å². The van der Waals surface area contributed by atoms with Gasteiger partial charge in [-0.2, -0.15) is 0 Å². The molecule has 3 fully saturated rings. The molecule has 2 saturated carbocycles. The van der Waals surface area contributed by atoms with Gasteiger partial charge < -0.3 is 0 Å². The Hall–Kier alpha value is -0.580. The average Bonchev–Trinajstić information content (AvgIpc) is 2.90. The highest BCUT2D eigenvalue weighted by Crippen LogP contribution is 2.60. The molecule has 3 aliphatic rings. The van der Waals surface area contributed by atoms with E-state index in [9.17, 15) is 13.2 Å². The van der Waals surface area contributed by atoms with Gasteiger partial charge in [-0.05, 0) is 49.9 Å². The standard InChI is InChI=1S/C17H29NO3S/c1-4-5-6-15(19)18-14-8-9-16(2,3)13-7-10-17(14,11-13)12-22(18,20)21/h13-14H,4-12H2,1-3H3. The summed E-state index contributed by atoms with van der Waals surface area (Å²) in [7, 11) is -3.41. The molecule has 5 heteroatoms. The minimum atomic E-state index is -3.41.